The quantitative estimate of drug-likeness (QED) is 0.830. The van der Waals surface area contributed by atoms with Crippen LogP contribution in [0.1, 0.15) is 12.5 Å². The highest BCUT2D eigenvalue weighted by molar-refractivity contribution is 5.67. The highest BCUT2D eigenvalue weighted by atomic mass is 15.3. The van der Waals surface area contributed by atoms with Crippen LogP contribution in [0.5, 0.6) is 0 Å². The van der Waals surface area contributed by atoms with Crippen LogP contribution in [0.2, 0.25) is 0 Å². The van der Waals surface area contributed by atoms with Gasteiger partial charge >= 0.3 is 0 Å². The second-order valence-corrected chi connectivity index (χ2v) is 3.99. The summed E-state index contributed by atoms with van der Waals surface area (Å²) in [5.41, 5.74) is 3.77. The lowest BCUT2D eigenvalue weighted by atomic mass is 10.1. The maximum atomic E-state index is 4.17. The number of benzene rings is 1. The molecule has 1 aromatic carbocycles. The van der Waals surface area contributed by atoms with Gasteiger partial charge in [0.05, 0.1) is 0 Å². The maximum Gasteiger partial charge on any atom is 0.163 e. The Labute approximate surface area is 94.3 Å². The lowest BCUT2D eigenvalue weighted by Crippen LogP contribution is -1.96. The molecule has 82 valence electrons. The summed E-state index contributed by atoms with van der Waals surface area (Å²) in [7, 11) is 0. The number of nitrogens with one attached hydrogen (secondary N) is 1. The third kappa shape index (κ3) is 1.38. The summed E-state index contributed by atoms with van der Waals surface area (Å²) in [6.45, 7) is 4.03. The summed E-state index contributed by atoms with van der Waals surface area (Å²) in [5, 5.41) is 11.5. The Kier molecular flexibility index (Phi) is 2.13. The Morgan fingerprint density at radius 3 is 3.25 bits per heavy atom. The fourth-order valence-electron chi connectivity index (χ4n) is 2.14. The maximum absolute atomic E-state index is 4.17. The zero-order chi connectivity index (χ0) is 11.0. The minimum absolute atomic E-state index is 0.896. The van der Waals surface area contributed by atoms with Gasteiger partial charge in [0.1, 0.15) is 6.33 Å². The highest BCUT2D eigenvalue weighted by Gasteiger charge is 2.12. The first kappa shape index (κ1) is 9.39. The number of fused-ring (bicyclic) bond motifs is 1. The molecule has 2 heterocycles. The molecular formula is C12H14N4. The van der Waals surface area contributed by atoms with Gasteiger partial charge in [-0.25, -0.2) is 0 Å². The Hall–Kier alpha value is -1.84. The van der Waals surface area contributed by atoms with Gasteiger partial charge in [0.2, 0.25) is 0 Å². The van der Waals surface area contributed by atoms with Gasteiger partial charge in [0.25, 0.3) is 0 Å². The molecule has 4 nitrogen and oxygen atoms in total. The first-order valence-corrected chi connectivity index (χ1v) is 5.63. The molecule has 0 spiro atoms. The summed E-state index contributed by atoms with van der Waals surface area (Å²) in [6.07, 6.45) is 2.89. The van der Waals surface area contributed by atoms with E-state index in [0.29, 0.717) is 0 Å². The normalized spacial score (nSPS) is 13.6. The zero-order valence-electron chi connectivity index (χ0n) is 9.27. The molecule has 0 amide bonds. The average molecular weight is 214 g/mol. The van der Waals surface area contributed by atoms with E-state index >= 15 is 0 Å². The van der Waals surface area contributed by atoms with Gasteiger partial charge in [-0.15, -0.1) is 10.2 Å². The largest absolute Gasteiger partial charge is 0.384 e. The van der Waals surface area contributed by atoms with Crippen molar-refractivity contribution >= 4 is 5.69 Å². The molecule has 0 saturated carbocycles. The topological polar surface area (TPSA) is 42.7 Å². The third-order valence-electron chi connectivity index (χ3n) is 3.03. The van der Waals surface area contributed by atoms with Crippen LogP contribution in [0.4, 0.5) is 5.69 Å². The molecule has 0 fully saturated rings. The van der Waals surface area contributed by atoms with E-state index in [1.54, 1.807) is 6.33 Å². The van der Waals surface area contributed by atoms with E-state index in [1.807, 2.05) is 0 Å². The van der Waals surface area contributed by atoms with Crippen LogP contribution >= 0.6 is 0 Å². The molecule has 0 saturated heterocycles. The lowest BCUT2D eigenvalue weighted by Gasteiger charge is -2.05. The second kappa shape index (κ2) is 3.63. The average Bonchev–Trinajstić information content (AvgIpc) is 2.96. The number of aromatic nitrogens is 3. The summed E-state index contributed by atoms with van der Waals surface area (Å²) >= 11 is 0. The number of anilines is 1. The highest BCUT2D eigenvalue weighted by Crippen LogP contribution is 2.27. The first-order chi connectivity index (χ1) is 7.88. The number of hydrogen-bond donors (Lipinski definition) is 1. The molecule has 4 heteroatoms. The van der Waals surface area contributed by atoms with Gasteiger partial charge in [-0.3, -0.25) is 0 Å². The molecule has 2 aromatic rings. The molecule has 0 aliphatic carbocycles. The van der Waals surface area contributed by atoms with E-state index in [0.717, 1.165) is 30.9 Å². The molecule has 1 aliphatic rings. The summed E-state index contributed by atoms with van der Waals surface area (Å²) in [5.74, 6) is 0.944. The molecule has 3 rings (SSSR count). The molecular weight excluding hydrogens is 200 g/mol. The van der Waals surface area contributed by atoms with Crippen molar-refractivity contribution in [3.63, 3.8) is 0 Å². The minimum atomic E-state index is 0.896. The predicted octanol–water partition coefficient (Wildman–Crippen LogP) is 1.93. The van der Waals surface area contributed by atoms with Crippen LogP contribution in [0.25, 0.3) is 11.4 Å². The van der Waals surface area contributed by atoms with Crippen LogP contribution in [-0.4, -0.2) is 21.3 Å². The van der Waals surface area contributed by atoms with Gasteiger partial charge in [0.15, 0.2) is 5.82 Å². The fraction of sp³-hybridized carbons (Fsp3) is 0.333. The molecule has 1 N–H and O–H groups in total. The summed E-state index contributed by atoms with van der Waals surface area (Å²) in [4.78, 5) is 0. The van der Waals surface area contributed by atoms with Gasteiger partial charge in [0, 0.05) is 24.3 Å². The first-order valence-electron chi connectivity index (χ1n) is 5.63. The SMILES string of the molecule is CCn1cnnc1-c1ccc2c(c1)NCC2. The van der Waals surface area contributed by atoms with E-state index in [2.05, 4.69) is 45.2 Å². The van der Waals surface area contributed by atoms with Crippen molar-refractivity contribution in [3.05, 3.63) is 30.1 Å². The molecule has 16 heavy (non-hydrogen) atoms. The molecule has 1 aromatic heterocycles. The van der Waals surface area contributed by atoms with Crippen molar-refractivity contribution in [2.75, 3.05) is 11.9 Å². The van der Waals surface area contributed by atoms with Crippen LogP contribution in [-0.2, 0) is 13.0 Å². The van der Waals surface area contributed by atoms with Crippen molar-refractivity contribution in [1.29, 1.82) is 0 Å². The molecule has 0 unspecified atom stereocenters. The Morgan fingerprint density at radius 2 is 2.38 bits per heavy atom. The number of nitrogens with zero attached hydrogens (tertiary/aromatic N) is 3. The second-order valence-electron chi connectivity index (χ2n) is 3.99. The smallest absolute Gasteiger partial charge is 0.163 e. The molecule has 1 aliphatic heterocycles. The van der Waals surface area contributed by atoms with Gasteiger partial charge in [-0.05, 0) is 25.0 Å². The minimum Gasteiger partial charge on any atom is -0.384 e. The van der Waals surface area contributed by atoms with Crippen molar-refractivity contribution in [1.82, 2.24) is 14.8 Å². The van der Waals surface area contributed by atoms with Gasteiger partial charge < -0.3 is 9.88 Å². The molecule has 0 bridgehead atoms. The van der Waals surface area contributed by atoms with Crippen molar-refractivity contribution in [2.24, 2.45) is 0 Å². The summed E-state index contributed by atoms with van der Waals surface area (Å²) in [6, 6.07) is 6.47. The Balaban J connectivity index is 2.07. The van der Waals surface area contributed by atoms with Crippen molar-refractivity contribution < 1.29 is 0 Å². The van der Waals surface area contributed by atoms with E-state index in [9.17, 15) is 0 Å². The predicted molar refractivity (Wildman–Crippen MR) is 63.3 cm³/mol. The van der Waals surface area contributed by atoms with Crippen LogP contribution < -0.4 is 5.32 Å². The number of aryl methyl sites for hydroxylation is 1. The Morgan fingerprint density at radius 1 is 1.44 bits per heavy atom. The molecule has 0 atom stereocenters. The zero-order valence-corrected chi connectivity index (χ0v) is 9.27. The van der Waals surface area contributed by atoms with Crippen LogP contribution in [0, 0.1) is 0 Å². The molecule has 0 radical (unpaired) electrons. The van der Waals surface area contributed by atoms with Crippen molar-refractivity contribution in [3.8, 4) is 11.4 Å². The van der Waals surface area contributed by atoms with Crippen molar-refractivity contribution in [2.45, 2.75) is 19.9 Å². The van der Waals surface area contributed by atoms with E-state index < -0.39 is 0 Å². The fourth-order valence-corrected chi connectivity index (χ4v) is 2.14. The third-order valence-corrected chi connectivity index (χ3v) is 3.03. The van der Waals surface area contributed by atoms with E-state index in [4.69, 9.17) is 0 Å². The monoisotopic (exact) mass is 214 g/mol. The lowest BCUT2D eigenvalue weighted by molar-refractivity contribution is 0.767. The van der Waals surface area contributed by atoms with Crippen LogP contribution in [0.15, 0.2) is 24.5 Å². The van der Waals surface area contributed by atoms with E-state index in [1.165, 1.54) is 11.3 Å². The number of rotatable bonds is 2. The van der Waals surface area contributed by atoms with Gasteiger partial charge in [-0.2, -0.15) is 0 Å². The summed E-state index contributed by atoms with van der Waals surface area (Å²) < 4.78 is 2.05. The number of hydrogen-bond acceptors (Lipinski definition) is 3. The van der Waals surface area contributed by atoms with Crippen LogP contribution in [0.3, 0.4) is 0 Å². The van der Waals surface area contributed by atoms with Gasteiger partial charge in [-0.1, -0.05) is 12.1 Å². The Bertz CT molecular complexity index is 515. The van der Waals surface area contributed by atoms with E-state index in [-0.39, 0.29) is 0 Å². The standard InChI is InChI=1S/C12H14N4/c1-2-16-8-14-15-12(16)10-4-3-9-5-6-13-11(9)7-10/h3-4,7-8,13H,2,5-6H2,1H3.